The highest BCUT2D eigenvalue weighted by Crippen LogP contribution is 2.32. The normalized spacial score (nSPS) is 35.1. The zero-order valence-corrected chi connectivity index (χ0v) is 7.62. The van der Waals surface area contributed by atoms with Crippen LogP contribution in [0.2, 0.25) is 0 Å². The van der Waals surface area contributed by atoms with Gasteiger partial charge >= 0.3 is 5.97 Å². The van der Waals surface area contributed by atoms with Crippen molar-refractivity contribution >= 4 is 5.97 Å². The molecule has 70 valence electrons. The number of hydrogen-bond donors (Lipinski definition) is 1. The summed E-state index contributed by atoms with van der Waals surface area (Å²) in [6.07, 6.45) is 1.16. The van der Waals surface area contributed by atoms with Gasteiger partial charge in [0.15, 0.2) is 0 Å². The second-order valence-corrected chi connectivity index (χ2v) is 3.40. The van der Waals surface area contributed by atoms with Crippen LogP contribution in [0.1, 0.15) is 26.7 Å². The lowest BCUT2D eigenvalue weighted by molar-refractivity contribution is -0.152. The average molecular weight is 172 g/mol. The molecule has 1 rings (SSSR count). The Kier molecular flexibility index (Phi) is 3.09. The molecule has 0 aromatic carbocycles. The Morgan fingerprint density at radius 2 is 2.25 bits per heavy atom. The van der Waals surface area contributed by atoms with Crippen molar-refractivity contribution in [1.82, 2.24) is 0 Å². The molecule has 0 bridgehead atoms. The van der Waals surface area contributed by atoms with Gasteiger partial charge in [0.1, 0.15) is 0 Å². The highest BCUT2D eigenvalue weighted by molar-refractivity contribution is 5.73. The van der Waals surface area contributed by atoms with Gasteiger partial charge in [-0.25, -0.2) is 0 Å². The van der Waals surface area contributed by atoms with Gasteiger partial charge in [-0.15, -0.1) is 0 Å². The van der Waals surface area contributed by atoms with Crippen molar-refractivity contribution in [1.29, 1.82) is 0 Å². The van der Waals surface area contributed by atoms with E-state index in [1.165, 1.54) is 0 Å². The van der Waals surface area contributed by atoms with Crippen LogP contribution in [-0.4, -0.2) is 23.8 Å². The summed E-state index contributed by atoms with van der Waals surface area (Å²) in [5.41, 5.74) is 0. The molecule has 0 saturated heterocycles. The molecule has 0 aliphatic heterocycles. The van der Waals surface area contributed by atoms with E-state index in [4.69, 9.17) is 4.74 Å². The van der Waals surface area contributed by atoms with Crippen molar-refractivity contribution in [3.63, 3.8) is 0 Å². The molecule has 3 atom stereocenters. The minimum Gasteiger partial charge on any atom is -0.466 e. The molecule has 0 radical (unpaired) electrons. The molecule has 3 nitrogen and oxygen atoms in total. The van der Waals surface area contributed by atoms with E-state index in [9.17, 15) is 9.90 Å². The number of ether oxygens (including phenoxy) is 1. The standard InChI is InChI=1S/C9H16O3/c1-3-12-9(11)8-6(2)4-5-7(8)10/h6-8,10H,3-5H2,1-2H3/t6?,7-,8-/m1/s1. The Balaban J connectivity index is 2.53. The SMILES string of the molecule is CCOC(=O)[C@@H]1C(C)CC[C@H]1O. The zero-order chi connectivity index (χ0) is 9.14. The topological polar surface area (TPSA) is 46.5 Å². The molecule has 0 amide bonds. The summed E-state index contributed by atoms with van der Waals surface area (Å²) in [6.45, 7) is 4.16. The first kappa shape index (κ1) is 9.52. The number of rotatable bonds is 2. The van der Waals surface area contributed by atoms with Crippen LogP contribution < -0.4 is 0 Å². The van der Waals surface area contributed by atoms with E-state index in [2.05, 4.69) is 0 Å². The first-order chi connectivity index (χ1) is 5.66. The Morgan fingerprint density at radius 3 is 2.67 bits per heavy atom. The fourth-order valence-corrected chi connectivity index (χ4v) is 1.80. The van der Waals surface area contributed by atoms with E-state index >= 15 is 0 Å². The van der Waals surface area contributed by atoms with Crippen LogP contribution in [-0.2, 0) is 9.53 Å². The Hall–Kier alpha value is -0.570. The molecule has 3 heteroatoms. The van der Waals surface area contributed by atoms with Gasteiger partial charge in [0.2, 0.25) is 0 Å². The van der Waals surface area contributed by atoms with Gasteiger partial charge in [-0.1, -0.05) is 6.92 Å². The van der Waals surface area contributed by atoms with Gasteiger partial charge in [0.05, 0.1) is 18.6 Å². The number of hydrogen-bond acceptors (Lipinski definition) is 3. The van der Waals surface area contributed by atoms with E-state index in [1.807, 2.05) is 6.92 Å². The lowest BCUT2D eigenvalue weighted by Gasteiger charge is -2.16. The van der Waals surface area contributed by atoms with Crippen molar-refractivity contribution in [3.8, 4) is 0 Å². The molecule has 1 unspecified atom stereocenters. The Bertz CT molecular complexity index is 157. The number of aliphatic hydroxyl groups is 1. The van der Waals surface area contributed by atoms with E-state index in [1.54, 1.807) is 6.92 Å². The summed E-state index contributed by atoms with van der Waals surface area (Å²) in [4.78, 5) is 11.3. The molecule has 1 aliphatic rings. The maximum Gasteiger partial charge on any atom is 0.311 e. The first-order valence-electron chi connectivity index (χ1n) is 4.51. The van der Waals surface area contributed by atoms with Crippen LogP contribution >= 0.6 is 0 Å². The second-order valence-electron chi connectivity index (χ2n) is 3.40. The summed E-state index contributed by atoms with van der Waals surface area (Å²) in [7, 11) is 0. The minimum atomic E-state index is -0.487. The van der Waals surface area contributed by atoms with Crippen molar-refractivity contribution in [2.24, 2.45) is 11.8 Å². The third-order valence-electron chi connectivity index (χ3n) is 2.50. The van der Waals surface area contributed by atoms with Crippen molar-refractivity contribution in [2.75, 3.05) is 6.61 Å². The Labute approximate surface area is 72.7 Å². The van der Waals surface area contributed by atoms with Crippen molar-refractivity contribution in [3.05, 3.63) is 0 Å². The maximum atomic E-state index is 11.3. The van der Waals surface area contributed by atoms with E-state index < -0.39 is 6.10 Å². The lowest BCUT2D eigenvalue weighted by Crippen LogP contribution is -2.28. The molecular formula is C9H16O3. The summed E-state index contributed by atoms with van der Waals surface area (Å²) < 4.78 is 4.87. The fraction of sp³-hybridized carbons (Fsp3) is 0.889. The predicted octanol–water partition coefficient (Wildman–Crippen LogP) is 0.956. The largest absolute Gasteiger partial charge is 0.466 e. The molecule has 0 aromatic rings. The van der Waals surface area contributed by atoms with Gasteiger partial charge < -0.3 is 9.84 Å². The quantitative estimate of drug-likeness (QED) is 0.631. The Morgan fingerprint density at radius 1 is 1.58 bits per heavy atom. The molecule has 12 heavy (non-hydrogen) atoms. The molecular weight excluding hydrogens is 156 g/mol. The number of carbonyl (C=O) groups is 1. The smallest absolute Gasteiger partial charge is 0.311 e. The molecule has 1 aliphatic carbocycles. The molecule has 1 N–H and O–H groups in total. The summed E-state index contributed by atoms with van der Waals surface area (Å²) >= 11 is 0. The van der Waals surface area contributed by atoms with Gasteiger partial charge in [0, 0.05) is 0 Å². The number of aliphatic hydroxyl groups excluding tert-OH is 1. The van der Waals surface area contributed by atoms with Crippen molar-refractivity contribution < 1.29 is 14.6 Å². The molecule has 0 heterocycles. The van der Waals surface area contributed by atoms with Crippen LogP contribution in [0.25, 0.3) is 0 Å². The fourth-order valence-electron chi connectivity index (χ4n) is 1.80. The molecule has 1 saturated carbocycles. The number of carbonyl (C=O) groups excluding carboxylic acids is 1. The number of esters is 1. The summed E-state index contributed by atoms with van der Waals surface area (Å²) in [5.74, 6) is -0.265. The predicted molar refractivity (Wildman–Crippen MR) is 44.5 cm³/mol. The van der Waals surface area contributed by atoms with Crippen LogP contribution in [0.5, 0.6) is 0 Å². The van der Waals surface area contributed by atoms with Gasteiger partial charge in [-0.2, -0.15) is 0 Å². The van der Waals surface area contributed by atoms with Crippen LogP contribution in [0.3, 0.4) is 0 Å². The van der Waals surface area contributed by atoms with Crippen molar-refractivity contribution in [2.45, 2.75) is 32.8 Å². The average Bonchev–Trinajstić information content (AvgIpc) is 2.32. The van der Waals surface area contributed by atoms with Crippen LogP contribution in [0.15, 0.2) is 0 Å². The molecule has 1 fully saturated rings. The van der Waals surface area contributed by atoms with E-state index in [0.717, 1.165) is 12.8 Å². The van der Waals surface area contributed by atoms with E-state index in [-0.39, 0.29) is 17.8 Å². The monoisotopic (exact) mass is 172 g/mol. The lowest BCUT2D eigenvalue weighted by atomic mass is 9.97. The highest BCUT2D eigenvalue weighted by atomic mass is 16.5. The van der Waals surface area contributed by atoms with Gasteiger partial charge in [-0.3, -0.25) is 4.79 Å². The third-order valence-corrected chi connectivity index (χ3v) is 2.50. The molecule has 0 aromatic heterocycles. The third kappa shape index (κ3) is 1.78. The van der Waals surface area contributed by atoms with Crippen LogP contribution in [0, 0.1) is 11.8 Å². The highest BCUT2D eigenvalue weighted by Gasteiger charge is 2.38. The minimum absolute atomic E-state index is 0.241. The van der Waals surface area contributed by atoms with Crippen LogP contribution in [0.4, 0.5) is 0 Å². The maximum absolute atomic E-state index is 11.3. The zero-order valence-electron chi connectivity index (χ0n) is 7.62. The van der Waals surface area contributed by atoms with Gasteiger partial charge in [-0.05, 0) is 25.7 Å². The van der Waals surface area contributed by atoms with E-state index in [0.29, 0.717) is 6.61 Å². The molecule has 0 spiro atoms. The summed E-state index contributed by atoms with van der Waals surface area (Å²) in [5, 5.41) is 9.46. The van der Waals surface area contributed by atoms with Gasteiger partial charge in [0.25, 0.3) is 0 Å². The first-order valence-corrected chi connectivity index (χ1v) is 4.51. The second kappa shape index (κ2) is 3.90. The summed E-state index contributed by atoms with van der Waals surface area (Å²) in [6, 6.07) is 0.